The molecule has 2 rings (SSSR count). The van der Waals surface area contributed by atoms with Gasteiger partial charge in [0.2, 0.25) is 0 Å². The van der Waals surface area contributed by atoms with Crippen molar-refractivity contribution in [3.63, 3.8) is 0 Å². The van der Waals surface area contributed by atoms with Gasteiger partial charge in [0.15, 0.2) is 0 Å². The smallest absolute Gasteiger partial charge is 0.123 e. The number of ether oxygens (including phenoxy) is 1. The molecule has 0 spiro atoms. The second-order valence-corrected chi connectivity index (χ2v) is 5.04. The van der Waals surface area contributed by atoms with E-state index in [0.29, 0.717) is 0 Å². The van der Waals surface area contributed by atoms with Crippen molar-refractivity contribution >= 4 is 0 Å². The highest BCUT2D eigenvalue weighted by molar-refractivity contribution is 5.29. The van der Waals surface area contributed by atoms with Crippen LogP contribution in [0.3, 0.4) is 0 Å². The number of halogens is 1. The highest BCUT2D eigenvalue weighted by Crippen LogP contribution is 2.31. The molecule has 0 radical (unpaired) electrons. The molecule has 2 unspecified atom stereocenters. The first-order chi connectivity index (χ1) is 8.04. The van der Waals surface area contributed by atoms with Crippen LogP contribution in [0.25, 0.3) is 0 Å². The molecule has 1 N–H and O–H groups in total. The van der Waals surface area contributed by atoms with E-state index in [1.54, 1.807) is 6.07 Å². The summed E-state index contributed by atoms with van der Waals surface area (Å²) in [5.41, 5.74) is 1.89. The highest BCUT2D eigenvalue weighted by Gasteiger charge is 2.32. The quantitative estimate of drug-likeness (QED) is 0.854. The number of aryl methyl sites for hydroxylation is 1. The number of hydrogen-bond donors (Lipinski definition) is 1. The molecule has 17 heavy (non-hydrogen) atoms. The van der Waals surface area contributed by atoms with Crippen LogP contribution < -0.4 is 5.32 Å². The summed E-state index contributed by atoms with van der Waals surface area (Å²) in [7, 11) is 0. The molecule has 0 aromatic heterocycles. The van der Waals surface area contributed by atoms with Crippen LogP contribution in [0.5, 0.6) is 0 Å². The van der Waals surface area contributed by atoms with Crippen molar-refractivity contribution < 1.29 is 9.13 Å². The van der Waals surface area contributed by atoms with Gasteiger partial charge < -0.3 is 10.1 Å². The molecule has 0 bridgehead atoms. The van der Waals surface area contributed by atoms with Crippen molar-refractivity contribution in [1.29, 1.82) is 0 Å². The van der Waals surface area contributed by atoms with Crippen LogP contribution in [0.1, 0.15) is 37.5 Å². The Morgan fingerprint density at radius 3 is 3.00 bits per heavy atom. The number of rotatable bonds is 2. The van der Waals surface area contributed by atoms with E-state index in [0.717, 1.165) is 30.6 Å². The van der Waals surface area contributed by atoms with Crippen LogP contribution in [-0.2, 0) is 4.74 Å². The summed E-state index contributed by atoms with van der Waals surface area (Å²) in [6.07, 6.45) is 0.898. The van der Waals surface area contributed by atoms with Gasteiger partial charge in [-0.3, -0.25) is 0 Å². The molecule has 0 aliphatic carbocycles. The van der Waals surface area contributed by atoms with Crippen LogP contribution >= 0.6 is 0 Å². The van der Waals surface area contributed by atoms with Gasteiger partial charge in [-0.1, -0.05) is 13.0 Å². The first-order valence-corrected chi connectivity index (χ1v) is 6.19. The van der Waals surface area contributed by atoms with Crippen LogP contribution in [-0.4, -0.2) is 18.7 Å². The van der Waals surface area contributed by atoms with E-state index in [9.17, 15) is 4.39 Å². The van der Waals surface area contributed by atoms with Gasteiger partial charge in [-0.25, -0.2) is 4.39 Å². The molecule has 1 aromatic carbocycles. The van der Waals surface area contributed by atoms with Gasteiger partial charge in [-0.05, 0) is 43.5 Å². The maximum atomic E-state index is 13.3. The van der Waals surface area contributed by atoms with Gasteiger partial charge in [0.1, 0.15) is 5.82 Å². The van der Waals surface area contributed by atoms with E-state index in [4.69, 9.17) is 4.74 Å². The molecule has 94 valence electrons. The molecule has 1 aliphatic heterocycles. The highest BCUT2D eigenvalue weighted by atomic mass is 19.1. The van der Waals surface area contributed by atoms with E-state index >= 15 is 0 Å². The minimum atomic E-state index is -0.196. The van der Waals surface area contributed by atoms with E-state index in [2.05, 4.69) is 19.2 Å². The summed E-state index contributed by atoms with van der Waals surface area (Å²) in [5, 5.41) is 3.37. The lowest BCUT2D eigenvalue weighted by Gasteiger charge is -2.39. The van der Waals surface area contributed by atoms with Gasteiger partial charge >= 0.3 is 0 Å². The molecule has 2 atom stereocenters. The van der Waals surface area contributed by atoms with Gasteiger partial charge in [0.25, 0.3) is 0 Å². The van der Waals surface area contributed by atoms with Gasteiger partial charge in [-0.2, -0.15) is 0 Å². The molecule has 0 saturated carbocycles. The first-order valence-electron chi connectivity index (χ1n) is 6.19. The first kappa shape index (κ1) is 12.5. The summed E-state index contributed by atoms with van der Waals surface area (Å²) in [6, 6.07) is 4.89. The Kier molecular flexibility index (Phi) is 3.50. The third-order valence-electron chi connectivity index (χ3n) is 3.59. The largest absolute Gasteiger partial charge is 0.365 e. The van der Waals surface area contributed by atoms with Crippen molar-refractivity contribution in [3.8, 4) is 0 Å². The topological polar surface area (TPSA) is 21.3 Å². The predicted molar refractivity (Wildman–Crippen MR) is 66.5 cm³/mol. The van der Waals surface area contributed by atoms with Gasteiger partial charge in [-0.15, -0.1) is 0 Å². The van der Waals surface area contributed by atoms with Crippen molar-refractivity contribution in [2.75, 3.05) is 13.1 Å². The van der Waals surface area contributed by atoms with Gasteiger partial charge in [0, 0.05) is 13.1 Å². The maximum absolute atomic E-state index is 13.3. The maximum Gasteiger partial charge on any atom is 0.123 e. The Morgan fingerprint density at radius 1 is 1.53 bits per heavy atom. The monoisotopic (exact) mass is 237 g/mol. The van der Waals surface area contributed by atoms with Crippen LogP contribution in [0.4, 0.5) is 4.39 Å². The number of benzene rings is 1. The number of morpholine rings is 1. The number of nitrogens with one attached hydrogen (secondary N) is 1. The van der Waals surface area contributed by atoms with Crippen molar-refractivity contribution in [1.82, 2.24) is 5.32 Å². The third-order valence-corrected chi connectivity index (χ3v) is 3.59. The molecule has 1 fully saturated rings. The summed E-state index contributed by atoms with van der Waals surface area (Å²) in [4.78, 5) is 0. The van der Waals surface area contributed by atoms with Crippen LogP contribution in [0, 0.1) is 12.7 Å². The normalized spacial score (nSPS) is 29.3. The molecule has 1 heterocycles. The standard InChI is InChI=1S/C14H20FNO/c1-4-14(3)9-16-8-13(17-14)12-7-11(15)6-5-10(12)2/h5-7,13,16H,4,8-9H2,1-3H3. The van der Waals surface area contributed by atoms with E-state index in [1.807, 2.05) is 13.0 Å². The zero-order valence-electron chi connectivity index (χ0n) is 10.7. The second kappa shape index (κ2) is 4.75. The fourth-order valence-corrected chi connectivity index (χ4v) is 2.23. The van der Waals surface area contributed by atoms with Crippen LogP contribution in [0.2, 0.25) is 0 Å². The van der Waals surface area contributed by atoms with E-state index < -0.39 is 0 Å². The Balaban J connectivity index is 2.24. The van der Waals surface area contributed by atoms with Crippen molar-refractivity contribution in [3.05, 3.63) is 35.1 Å². The molecule has 0 amide bonds. The van der Waals surface area contributed by atoms with E-state index in [-0.39, 0.29) is 17.5 Å². The zero-order valence-corrected chi connectivity index (χ0v) is 10.7. The van der Waals surface area contributed by atoms with Crippen LogP contribution in [0.15, 0.2) is 18.2 Å². The van der Waals surface area contributed by atoms with Crippen molar-refractivity contribution in [2.45, 2.75) is 38.9 Å². The lowest BCUT2D eigenvalue weighted by Crippen LogP contribution is -2.48. The molecule has 1 saturated heterocycles. The summed E-state index contributed by atoms with van der Waals surface area (Å²) < 4.78 is 19.4. The van der Waals surface area contributed by atoms with Crippen molar-refractivity contribution in [2.24, 2.45) is 0 Å². The number of hydrogen-bond acceptors (Lipinski definition) is 2. The fraction of sp³-hybridized carbons (Fsp3) is 0.571. The zero-order chi connectivity index (χ0) is 12.5. The Labute approximate surface area is 102 Å². The molecular formula is C14H20FNO. The average molecular weight is 237 g/mol. The Bertz CT molecular complexity index is 407. The summed E-state index contributed by atoms with van der Waals surface area (Å²) in [5.74, 6) is -0.196. The summed E-state index contributed by atoms with van der Waals surface area (Å²) >= 11 is 0. The Morgan fingerprint density at radius 2 is 2.29 bits per heavy atom. The fourth-order valence-electron chi connectivity index (χ4n) is 2.23. The average Bonchev–Trinajstić information content (AvgIpc) is 2.32. The van der Waals surface area contributed by atoms with Gasteiger partial charge in [0.05, 0.1) is 11.7 Å². The minimum Gasteiger partial charge on any atom is -0.365 e. The molecular weight excluding hydrogens is 217 g/mol. The third kappa shape index (κ3) is 2.67. The lowest BCUT2D eigenvalue weighted by molar-refractivity contribution is -0.109. The Hall–Kier alpha value is -0.930. The minimum absolute atomic E-state index is 0.0515. The molecule has 3 heteroatoms. The SMILES string of the molecule is CCC1(C)CNCC(c2cc(F)ccc2C)O1. The van der Waals surface area contributed by atoms with E-state index in [1.165, 1.54) is 6.07 Å². The molecule has 2 nitrogen and oxygen atoms in total. The predicted octanol–water partition coefficient (Wildman–Crippen LogP) is 2.96. The molecule has 1 aromatic rings. The molecule has 1 aliphatic rings. The lowest BCUT2D eigenvalue weighted by atomic mass is 9.96. The second-order valence-electron chi connectivity index (χ2n) is 5.04. The summed E-state index contributed by atoms with van der Waals surface area (Å²) in [6.45, 7) is 7.81.